The number of nitriles is 1. The van der Waals surface area contributed by atoms with E-state index < -0.39 is 5.82 Å². The van der Waals surface area contributed by atoms with Crippen molar-refractivity contribution in [3.63, 3.8) is 0 Å². The average molecular weight is 326 g/mol. The maximum Gasteiger partial charge on any atom is 0.234 e. The highest BCUT2D eigenvalue weighted by Gasteiger charge is 2.45. The average Bonchev–Trinajstić information content (AvgIpc) is 3.16. The van der Waals surface area contributed by atoms with Gasteiger partial charge in [0.2, 0.25) is 12.6 Å². The quantitative estimate of drug-likeness (QED) is 0.860. The number of benzene rings is 1. The summed E-state index contributed by atoms with van der Waals surface area (Å²) in [5, 5.41) is 9.00. The van der Waals surface area contributed by atoms with E-state index in [-0.39, 0.29) is 24.0 Å². The lowest BCUT2D eigenvalue weighted by Gasteiger charge is -2.30. The SMILES string of the molecule is CC1(N(Cc2ccc3c(c2)OCO3)c2nc(C#N)ncc2F)CC1. The van der Waals surface area contributed by atoms with Crippen LogP contribution in [0.1, 0.15) is 31.2 Å². The largest absolute Gasteiger partial charge is 0.454 e. The van der Waals surface area contributed by atoms with Crippen molar-refractivity contribution in [2.45, 2.75) is 31.8 Å². The van der Waals surface area contributed by atoms with Crippen LogP contribution in [0.4, 0.5) is 10.2 Å². The van der Waals surface area contributed by atoms with Crippen LogP contribution in [0.2, 0.25) is 0 Å². The van der Waals surface area contributed by atoms with Gasteiger partial charge < -0.3 is 14.4 Å². The first-order chi connectivity index (χ1) is 11.6. The molecule has 0 N–H and O–H groups in total. The molecule has 0 radical (unpaired) electrons. The predicted octanol–water partition coefficient (Wildman–Crippen LogP) is 2.78. The summed E-state index contributed by atoms with van der Waals surface area (Å²) in [7, 11) is 0. The van der Waals surface area contributed by atoms with Crippen LogP contribution in [0.25, 0.3) is 0 Å². The zero-order chi connectivity index (χ0) is 16.7. The molecule has 2 aromatic rings. The number of hydrogen-bond acceptors (Lipinski definition) is 6. The van der Waals surface area contributed by atoms with Crippen LogP contribution in [0.15, 0.2) is 24.4 Å². The van der Waals surface area contributed by atoms with E-state index in [0.29, 0.717) is 18.0 Å². The summed E-state index contributed by atoms with van der Waals surface area (Å²) in [5.74, 6) is 1.01. The second-order valence-corrected chi connectivity index (χ2v) is 6.25. The molecular formula is C17H15FN4O2. The van der Waals surface area contributed by atoms with Crippen LogP contribution < -0.4 is 14.4 Å². The minimum absolute atomic E-state index is 0.0358. The van der Waals surface area contributed by atoms with Gasteiger partial charge in [-0.3, -0.25) is 0 Å². The van der Waals surface area contributed by atoms with E-state index >= 15 is 0 Å². The zero-order valence-electron chi connectivity index (χ0n) is 13.1. The third kappa shape index (κ3) is 2.50. The normalized spacial score (nSPS) is 16.5. The summed E-state index contributed by atoms with van der Waals surface area (Å²) in [6.45, 7) is 2.74. The molecular weight excluding hydrogens is 311 g/mol. The van der Waals surface area contributed by atoms with Gasteiger partial charge in [0.25, 0.3) is 0 Å². The van der Waals surface area contributed by atoms with Gasteiger partial charge in [-0.1, -0.05) is 6.07 Å². The molecule has 1 fully saturated rings. The second kappa shape index (κ2) is 5.34. The number of rotatable bonds is 4. The first-order valence-electron chi connectivity index (χ1n) is 7.68. The minimum Gasteiger partial charge on any atom is -0.454 e. The van der Waals surface area contributed by atoms with Crippen molar-refractivity contribution in [3.8, 4) is 17.6 Å². The smallest absolute Gasteiger partial charge is 0.234 e. The summed E-state index contributed by atoms with van der Waals surface area (Å²) in [5.41, 5.74) is 0.794. The molecule has 4 rings (SSSR count). The van der Waals surface area contributed by atoms with E-state index in [1.54, 1.807) is 0 Å². The molecule has 0 amide bonds. The van der Waals surface area contributed by atoms with Gasteiger partial charge in [-0.15, -0.1) is 0 Å². The van der Waals surface area contributed by atoms with E-state index in [4.69, 9.17) is 14.7 Å². The van der Waals surface area contributed by atoms with Crippen molar-refractivity contribution in [2.75, 3.05) is 11.7 Å². The van der Waals surface area contributed by atoms with Gasteiger partial charge in [0.05, 0.1) is 6.20 Å². The van der Waals surface area contributed by atoms with E-state index in [0.717, 1.165) is 24.6 Å². The van der Waals surface area contributed by atoms with Crippen LogP contribution in [0.3, 0.4) is 0 Å². The highest BCUT2D eigenvalue weighted by Crippen LogP contribution is 2.45. The molecule has 0 spiro atoms. The van der Waals surface area contributed by atoms with E-state index in [9.17, 15) is 4.39 Å². The number of nitrogens with zero attached hydrogens (tertiary/aromatic N) is 4. The molecule has 0 unspecified atom stereocenters. The Morgan fingerprint density at radius 3 is 2.88 bits per heavy atom. The topological polar surface area (TPSA) is 71.3 Å². The number of hydrogen-bond donors (Lipinski definition) is 0. The fourth-order valence-electron chi connectivity index (χ4n) is 2.80. The van der Waals surface area contributed by atoms with E-state index in [1.807, 2.05) is 29.2 Å². The Morgan fingerprint density at radius 2 is 2.12 bits per heavy atom. The van der Waals surface area contributed by atoms with Crippen molar-refractivity contribution in [2.24, 2.45) is 0 Å². The first kappa shape index (κ1) is 14.7. The van der Waals surface area contributed by atoms with E-state index in [2.05, 4.69) is 16.9 Å². The molecule has 0 bridgehead atoms. The van der Waals surface area contributed by atoms with Crippen molar-refractivity contribution >= 4 is 5.82 Å². The Morgan fingerprint density at radius 1 is 1.33 bits per heavy atom. The molecule has 1 saturated carbocycles. The molecule has 24 heavy (non-hydrogen) atoms. The number of anilines is 1. The number of fused-ring (bicyclic) bond motifs is 1. The highest BCUT2D eigenvalue weighted by atomic mass is 19.1. The minimum atomic E-state index is -0.525. The molecule has 122 valence electrons. The Hall–Kier alpha value is -2.88. The van der Waals surface area contributed by atoms with Crippen LogP contribution in [0.5, 0.6) is 11.5 Å². The molecule has 1 aliphatic carbocycles. The summed E-state index contributed by atoms with van der Waals surface area (Å²) in [6.07, 6.45) is 2.95. The lowest BCUT2D eigenvalue weighted by Crippen LogP contribution is -2.36. The Labute approximate surface area is 138 Å². The third-order valence-corrected chi connectivity index (χ3v) is 4.48. The molecule has 6 nitrogen and oxygen atoms in total. The number of aromatic nitrogens is 2. The van der Waals surface area contributed by atoms with Crippen molar-refractivity contribution in [1.82, 2.24) is 9.97 Å². The molecule has 0 atom stereocenters. The Bertz CT molecular complexity index is 845. The lowest BCUT2D eigenvalue weighted by atomic mass is 10.1. The lowest BCUT2D eigenvalue weighted by molar-refractivity contribution is 0.174. The van der Waals surface area contributed by atoms with Crippen LogP contribution in [0, 0.1) is 17.1 Å². The van der Waals surface area contributed by atoms with Gasteiger partial charge in [0, 0.05) is 12.1 Å². The Balaban J connectivity index is 1.70. The van der Waals surface area contributed by atoms with Crippen molar-refractivity contribution in [1.29, 1.82) is 5.26 Å². The molecule has 0 saturated heterocycles. The number of halogens is 1. The zero-order valence-corrected chi connectivity index (χ0v) is 13.1. The Kier molecular flexibility index (Phi) is 3.27. The number of ether oxygens (including phenoxy) is 2. The maximum atomic E-state index is 14.3. The van der Waals surface area contributed by atoms with Gasteiger partial charge in [0.15, 0.2) is 23.1 Å². The standard InChI is InChI=1S/C17H15FN4O2/c1-17(4-5-17)22(16-12(18)8-20-15(7-19)21-16)9-11-2-3-13-14(6-11)24-10-23-13/h2-3,6,8H,4-5,9-10H2,1H3. The van der Waals surface area contributed by atoms with Gasteiger partial charge in [-0.25, -0.2) is 9.37 Å². The molecule has 1 aromatic heterocycles. The van der Waals surface area contributed by atoms with Crippen molar-refractivity contribution in [3.05, 3.63) is 41.6 Å². The summed E-state index contributed by atoms with van der Waals surface area (Å²) < 4.78 is 25.0. The fourth-order valence-corrected chi connectivity index (χ4v) is 2.80. The monoisotopic (exact) mass is 326 g/mol. The summed E-state index contributed by atoms with van der Waals surface area (Å²) in [6, 6.07) is 7.54. The van der Waals surface area contributed by atoms with Gasteiger partial charge in [0.1, 0.15) is 6.07 Å². The van der Waals surface area contributed by atoms with Crippen molar-refractivity contribution < 1.29 is 13.9 Å². The predicted molar refractivity (Wildman–Crippen MR) is 83.1 cm³/mol. The van der Waals surface area contributed by atoms with Crippen LogP contribution in [-0.4, -0.2) is 22.3 Å². The molecule has 2 heterocycles. The fraction of sp³-hybridized carbons (Fsp3) is 0.353. The van der Waals surface area contributed by atoms with Gasteiger partial charge in [-0.05, 0) is 37.5 Å². The molecule has 2 aliphatic rings. The molecule has 7 heteroatoms. The molecule has 1 aromatic carbocycles. The van der Waals surface area contributed by atoms with E-state index in [1.165, 1.54) is 0 Å². The third-order valence-electron chi connectivity index (χ3n) is 4.48. The van der Waals surface area contributed by atoms with Gasteiger partial charge >= 0.3 is 0 Å². The van der Waals surface area contributed by atoms with Gasteiger partial charge in [-0.2, -0.15) is 10.2 Å². The molecule has 1 aliphatic heterocycles. The highest BCUT2D eigenvalue weighted by molar-refractivity contribution is 5.50. The summed E-state index contributed by atoms with van der Waals surface area (Å²) in [4.78, 5) is 9.68. The maximum absolute atomic E-state index is 14.3. The summed E-state index contributed by atoms with van der Waals surface area (Å²) >= 11 is 0. The van der Waals surface area contributed by atoms with Crippen LogP contribution >= 0.6 is 0 Å². The van der Waals surface area contributed by atoms with Crippen LogP contribution in [-0.2, 0) is 6.54 Å². The second-order valence-electron chi connectivity index (χ2n) is 6.25. The first-order valence-corrected chi connectivity index (χ1v) is 7.68.